The van der Waals surface area contributed by atoms with Gasteiger partial charge in [0.1, 0.15) is 0 Å². The molecule has 0 aliphatic carbocycles. The van der Waals surface area contributed by atoms with Gasteiger partial charge in [0, 0.05) is 30.8 Å². The number of rotatable bonds is 4. The molecular weight excluding hydrogens is 418 g/mol. The molecule has 0 saturated carbocycles. The van der Waals surface area contributed by atoms with Crippen molar-refractivity contribution in [3.05, 3.63) is 56.5 Å². The third-order valence-corrected chi connectivity index (χ3v) is 5.16. The Morgan fingerprint density at radius 2 is 1.95 bits per heavy atom. The van der Waals surface area contributed by atoms with E-state index in [0.717, 1.165) is 30.8 Å². The maximum Gasteiger partial charge on any atom is 0.265 e. The summed E-state index contributed by atoms with van der Waals surface area (Å²) in [6.07, 6.45) is 0. The van der Waals surface area contributed by atoms with E-state index in [9.17, 15) is 4.79 Å². The number of thioether (sulfide) groups is 1. The van der Waals surface area contributed by atoms with Crippen molar-refractivity contribution in [1.82, 2.24) is 5.43 Å². The molecule has 0 spiro atoms. The molecule has 0 unspecified atom stereocenters. The predicted molar refractivity (Wildman–Crippen MR) is 93.9 cm³/mol. The van der Waals surface area contributed by atoms with Crippen molar-refractivity contribution in [2.24, 2.45) is 5.84 Å². The number of nitrogens with one attached hydrogen (secondary N) is 1. The topological polar surface area (TPSA) is 81.1 Å². The number of hydrogen-bond donors (Lipinski definition) is 3. The fourth-order valence-corrected chi connectivity index (χ4v) is 3.90. The van der Waals surface area contributed by atoms with E-state index < -0.39 is 0 Å². The van der Waals surface area contributed by atoms with Crippen LogP contribution in [0.2, 0.25) is 0 Å². The first-order valence-corrected chi connectivity index (χ1v) is 8.55. The molecule has 0 heterocycles. The number of nitrogen functional groups attached to an aromatic ring is 2. The van der Waals surface area contributed by atoms with Crippen molar-refractivity contribution in [3.8, 4) is 0 Å². The SMILES string of the molecule is NNC(=O)c1ccc(CSc2cc(Br)ccc2N)c(Br)c1. The van der Waals surface area contributed by atoms with Crippen molar-refractivity contribution < 1.29 is 4.79 Å². The van der Waals surface area contributed by atoms with Gasteiger partial charge < -0.3 is 5.73 Å². The Hall–Kier alpha value is -1.02. The summed E-state index contributed by atoms with van der Waals surface area (Å²) >= 11 is 8.55. The van der Waals surface area contributed by atoms with Crippen molar-refractivity contribution in [2.75, 3.05) is 5.73 Å². The number of nitrogens with two attached hydrogens (primary N) is 2. The number of amides is 1. The van der Waals surface area contributed by atoms with E-state index in [1.807, 2.05) is 24.3 Å². The van der Waals surface area contributed by atoms with E-state index in [0.29, 0.717) is 5.56 Å². The molecule has 4 nitrogen and oxygen atoms in total. The summed E-state index contributed by atoms with van der Waals surface area (Å²) in [5, 5.41) is 0. The minimum Gasteiger partial charge on any atom is -0.398 e. The predicted octanol–water partition coefficient (Wildman–Crippen LogP) is 3.69. The van der Waals surface area contributed by atoms with Crippen molar-refractivity contribution >= 4 is 55.2 Å². The maximum atomic E-state index is 11.5. The van der Waals surface area contributed by atoms with Crippen molar-refractivity contribution in [2.45, 2.75) is 10.6 Å². The lowest BCUT2D eigenvalue weighted by atomic mass is 10.1. The fourth-order valence-electron chi connectivity index (χ4n) is 1.68. The fraction of sp³-hybridized carbons (Fsp3) is 0.0714. The van der Waals surface area contributed by atoms with Crippen molar-refractivity contribution in [3.63, 3.8) is 0 Å². The zero-order valence-electron chi connectivity index (χ0n) is 10.9. The lowest BCUT2D eigenvalue weighted by Gasteiger charge is -2.09. The van der Waals surface area contributed by atoms with E-state index in [4.69, 9.17) is 11.6 Å². The molecule has 2 rings (SSSR count). The summed E-state index contributed by atoms with van der Waals surface area (Å²) in [7, 11) is 0. The first-order valence-electron chi connectivity index (χ1n) is 5.98. The zero-order chi connectivity index (χ0) is 15.4. The van der Waals surface area contributed by atoms with E-state index in [1.165, 1.54) is 0 Å². The first-order chi connectivity index (χ1) is 10.0. The summed E-state index contributed by atoms with van der Waals surface area (Å²) in [6.45, 7) is 0. The highest BCUT2D eigenvalue weighted by atomic mass is 79.9. The average molecular weight is 431 g/mol. The normalized spacial score (nSPS) is 10.4. The van der Waals surface area contributed by atoms with Crippen LogP contribution in [0.25, 0.3) is 0 Å². The Bertz CT molecular complexity index is 679. The Morgan fingerprint density at radius 1 is 1.19 bits per heavy atom. The molecule has 0 radical (unpaired) electrons. The summed E-state index contributed by atoms with van der Waals surface area (Å²) in [5.74, 6) is 5.55. The standard InChI is InChI=1S/C14H13Br2N3OS/c15-10-3-4-12(17)13(6-10)21-7-9-2-1-8(5-11(9)16)14(20)19-18/h1-6H,7,17-18H2,(H,19,20). The lowest BCUT2D eigenvalue weighted by molar-refractivity contribution is 0.0953. The molecular formula is C14H13Br2N3OS. The number of anilines is 1. The van der Waals surface area contributed by atoms with Crippen LogP contribution in [0, 0.1) is 0 Å². The first kappa shape index (κ1) is 16.4. The Morgan fingerprint density at radius 3 is 2.62 bits per heavy atom. The van der Waals surface area contributed by atoms with E-state index in [2.05, 4.69) is 37.3 Å². The summed E-state index contributed by atoms with van der Waals surface area (Å²) < 4.78 is 1.86. The minimum atomic E-state index is -0.314. The smallest absolute Gasteiger partial charge is 0.265 e. The minimum absolute atomic E-state index is 0.314. The van der Waals surface area contributed by atoms with Gasteiger partial charge in [-0.3, -0.25) is 10.2 Å². The molecule has 2 aromatic rings. The zero-order valence-corrected chi connectivity index (χ0v) is 14.9. The van der Waals surface area contributed by atoms with Gasteiger partial charge in [-0.2, -0.15) is 0 Å². The van der Waals surface area contributed by atoms with Crippen LogP contribution >= 0.6 is 43.6 Å². The van der Waals surface area contributed by atoms with E-state index >= 15 is 0 Å². The van der Waals surface area contributed by atoms with Gasteiger partial charge in [0.15, 0.2) is 0 Å². The highest BCUT2D eigenvalue weighted by molar-refractivity contribution is 9.10. The molecule has 2 aromatic carbocycles. The highest BCUT2D eigenvalue weighted by Gasteiger charge is 2.08. The average Bonchev–Trinajstić information content (AvgIpc) is 2.48. The van der Waals surface area contributed by atoms with Crippen LogP contribution in [0.4, 0.5) is 5.69 Å². The van der Waals surface area contributed by atoms with Crippen LogP contribution < -0.4 is 17.0 Å². The molecule has 0 aliphatic rings. The molecule has 0 aromatic heterocycles. The van der Waals surface area contributed by atoms with Gasteiger partial charge in [-0.25, -0.2) is 5.84 Å². The number of hydrazine groups is 1. The second-order valence-electron chi connectivity index (χ2n) is 4.25. The summed E-state index contributed by atoms with van der Waals surface area (Å²) in [4.78, 5) is 12.5. The van der Waals surface area contributed by atoms with Gasteiger partial charge in [-0.1, -0.05) is 37.9 Å². The molecule has 1 amide bonds. The van der Waals surface area contributed by atoms with Crippen LogP contribution in [-0.4, -0.2) is 5.91 Å². The van der Waals surface area contributed by atoms with Crippen LogP contribution in [0.15, 0.2) is 50.2 Å². The molecule has 5 N–H and O–H groups in total. The van der Waals surface area contributed by atoms with E-state index in [-0.39, 0.29) is 5.91 Å². The Balaban J connectivity index is 2.13. The largest absolute Gasteiger partial charge is 0.398 e. The van der Waals surface area contributed by atoms with Gasteiger partial charge in [0.25, 0.3) is 5.91 Å². The summed E-state index contributed by atoms with van der Waals surface area (Å²) in [6, 6.07) is 11.2. The monoisotopic (exact) mass is 429 g/mol. The number of halogens is 2. The number of carbonyl (C=O) groups is 1. The number of carbonyl (C=O) groups excluding carboxylic acids is 1. The molecule has 0 saturated heterocycles. The molecule has 110 valence electrons. The van der Waals surface area contributed by atoms with Gasteiger partial charge >= 0.3 is 0 Å². The molecule has 7 heteroatoms. The highest BCUT2D eigenvalue weighted by Crippen LogP contribution is 2.32. The maximum absolute atomic E-state index is 11.5. The molecule has 0 aliphatic heterocycles. The molecule has 21 heavy (non-hydrogen) atoms. The second kappa shape index (κ2) is 7.31. The van der Waals surface area contributed by atoms with Crippen LogP contribution in [0.1, 0.15) is 15.9 Å². The third kappa shape index (κ3) is 4.23. The van der Waals surface area contributed by atoms with E-state index in [1.54, 1.807) is 23.9 Å². The quantitative estimate of drug-likeness (QED) is 0.227. The van der Waals surface area contributed by atoms with Crippen LogP contribution in [-0.2, 0) is 5.75 Å². The van der Waals surface area contributed by atoms with Crippen molar-refractivity contribution in [1.29, 1.82) is 0 Å². The lowest BCUT2D eigenvalue weighted by Crippen LogP contribution is -2.29. The van der Waals surface area contributed by atoms with Gasteiger partial charge in [0.05, 0.1) is 0 Å². The van der Waals surface area contributed by atoms with Crippen LogP contribution in [0.3, 0.4) is 0 Å². The molecule has 0 atom stereocenters. The van der Waals surface area contributed by atoms with Crippen LogP contribution in [0.5, 0.6) is 0 Å². The second-order valence-corrected chi connectivity index (χ2v) is 7.04. The molecule has 0 fully saturated rings. The Labute approximate surface area is 143 Å². The van der Waals surface area contributed by atoms with Gasteiger partial charge in [-0.05, 0) is 35.9 Å². The third-order valence-electron chi connectivity index (χ3n) is 2.81. The molecule has 0 bridgehead atoms. The van der Waals surface area contributed by atoms with Gasteiger partial charge in [-0.15, -0.1) is 11.8 Å². The Kier molecular flexibility index (Phi) is 5.69. The van der Waals surface area contributed by atoms with Gasteiger partial charge in [0.2, 0.25) is 0 Å². The number of benzene rings is 2. The summed E-state index contributed by atoms with van der Waals surface area (Å²) in [5.41, 5.74) is 10.4. The number of hydrogen-bond acceptors (Lipinski definition) is 4.